The topological polar surface area (TPSA) is 34.1 Å². The number of nitrogens with zero attached hydrogens (tertiary/aromatic N) is 1. The molecule has 0 atom stereocenters. The van der Waals surface area contributed by atoms with E-state index in [4.69, 9.17) is 4.74 Å². The third-order valence-corrected chi connectivity index (χ3v) is 3.93. The molecule has 0 fully saturated rings. The maximum absolute atomic E-state index is 12.7. The minimum absolute atomic E-state index is 0.521. The Labute approximate surface area is 155 Å². The van der Waals surface area contributed by atoms with E-state index in [-0.39, 0.29) is 0 Å². The molecule has 2 aromatic carbocycles. The Hall–Kier alpha value is -2.86. The van der Waals surface area contributed by atoms with Crippen LogP contribution in [0.1, 0.15) is 16.7 Å². The number of alkyl halides is 3. The molecule has 3 aromatic rings. The van der Waals surface area contributed by atoms with Gasteiger partial charge >= 0.3 is 6.18 Å². The highest BCUT2D eigenvalue weighted by atomic mass is 19.4. The minimum atomic E-state index is -4.31. The van der Waals surface area contributed by atoms with Crippen LogP contribution in [0.15, 0.2) is 72.9 Å². The lowest BCUT2D eigenvalue weighted by atomic mass is 10.1. The molecule has 140 valence electrons. The Morgan fingerprint density at radius 1 is 0.889 bits per heavy atom. The third kappa shape index (κ3) is 5.82. The van der Waals surface area contributed by atoms with Gasteiger partial charge in [-0.15, -0.1) is 0 Å². The number of pyridine rings is 1. The van der Waals surface area contributed by atoms with E-state index in [9.17, 15) is 13.2 Å². The summed E-state index contributed by atoms with van der Waals surface area (Å²) in [6.45, 7) is 1.17. The first kappa shape index (κ1) is 18.9. The summed E-state index contributed by atoms with van der Waals surface area (Å²) >= 11 is 0. The lowest BCUT2D eigenvalue weighted by Crippen LogP contribution is -2.17. The van der Waals surface area contributed by atoms with Crippen LogP contribution in [0.5, 0.6) is 11.6 Å². The van der Waals surface area contributed by atoms with Crippen LogP contribution in [-0.4, -0.2) is 11.5 Å². The van der Waals surface area contributed by atoms with Crippen molar-refractivity contribution in [2.24, 2.45) is 0 Å². The van der Waals surface area contributed by atoms with Crippen LogP contribution in [0.2, 0.25) is 0 Å². The molecule has 0 bridgehead atoms. The molecule has 1 N–H and O–H groups in total. The largest absolute Gasteiger partial charge is 0.439 e. The number of nitrogens with one attached hydrogen (secondary N) is 1. The van der Waals surface area contributed by atoms with Gasteiger partial charge in [-0.3, -0.25) is 0 Å². The van der Waals surface area contributed by atoms with E-state index in [1.54, 1.807) is 18.3 Å². The second kappa shape index (κ2) is 8.68. The van der Waals surface area contributed by atoms with Crippen LogP contribution in [0.4, 0.5) is 13.2 Å². The van der Waals surface area contributed by atoms with Gasteiger partial charge in [-0.25, -0.2) is 4.98 Å². The summed E-state index contributed by atoms with van der Waals surface area (Å²) in [5.74, 6) is 1.21. The van der Waals surface area contributed by atoms with Gasteiger partial charge in [-0.05, 0) is 48.4 Å². The van der Waals surface area contributed by atoms with Gasteiger partial charge in [0.15, 0.2) is 0 Å². The quantitative estimate of drug-likeness (QED) is 0.577. The summed E-state index contributed by atoms with van der Waals surface area (Å²) in [5, 5.41) is 3.25. The molecule has 1 aromatic heterocycles. The number of aromatic nitrogens is 1. The van der Waals surface area contributed by atoms with Crippen molar-refractivity contribution in [3.05, 3.63) is 89.6 Å². The molecule has 6 heteroatoms. The smallest absolute Gasteiger partial charge is 0.416 e. The predicted molar refractivity (Wildman–Crippen MR) is 97.6 cm³/mol. The van der Waals surface area contributed by atoms with Gasteiger partial charge in [0.25, 0.3) is 0 Å². The number of halogens is 3. The Balaban J connectivity index is 1.50. The molecule has 0 spiro atoms. The fraction of sp³-hybridized carbons (Fsp3) is 0.190. The number of hydrogen-bond donors (Lipinski definition) is 1. The maximum Gasteiger partial charge on any atom is 0.416 e. The lowest BCUT2D eigenvalue weighted by Gasteiger charge is -2.10. The van der Waals surface area contributed by atoms with Crippen molar-refractivity contribution >= 4 is 0 Å². The third-order valence-electron chi connectivity index (χ3n) is 3.93. The van der Waals surface area contributed by atoms with Gasteiger partial charge in [0.1, 0.15) is 5.75 Å². The highest BCUT2D eigenvalue weighted by Gasteiger charge is 2.30. The molecule has 27 heavy (non-hydrogen) atoms. The lowest BCUT2D eigenvalue weighted by molar-refractivity contribution is -0.137. The minimum Gasteiger partial charge on any atom is -0.439 e. The van der Waals surface area contributed by atoms with Crippen LogP contribution in [-0.2, 0) is 19.1 Å². The van der Waals surface area contributed by atoms with Gasteiger partial charge in [0, 0.05) is 18.8 Å². The van der Waals surface area contributed by atoms with E-state index in [0.717, 1.165) is 11.6 Å². The van der Waals surface area contributed by atoms with Crippen molar-refractivity contribution in [2.45, 2.75) is 19.1 Å². The summed E-state index contributed by atoms with van der Waals surface area (Å²) in [4.78, 5) is 4.12. The molecular formula is C21H19F3N2O. The maximum atomic E-state index is 12.7. The van der Waals surface area contributed by atoms with Crippen LogP contribution in [0.25, 0.3) is 0 Å². The molecule has 0 aliphatic rings. The van der Waals surface area contributed by atoms with Crippen molar-refractivity contribution in [2.75, 3.05) is 6.54 Å². The van der Waals surface area contributed by atoms with Gasteiger partial charge in [-0.1, -0.05) is 36.4 Å². The Morgan fingerprint density at radius 3 is 2.48 bits per heavy atom. The molecule has 3 rings (SSSR count). The summed E-state index contributed by atoms with van der Waals surface area (Å²) in [7, 11) is 0. The first-order valence-corrected chi connectivity index (χ1v) is 8.55. The first-order valence-electron chi connectivity index (χ1n) is 8.55. The standard InChI is InChI=1S/C21H19F3N2O/c22-21(23,24)18-7-3-5-16(13-18)10-12-25-15-17-6-4-8-19(14-17)27-20-9-1-2-11-26-20/h1-9,11,13-14,25H,10,12,15H2. The second-order valence-corrected chi connectivity index (χ2v) is 6.04. The van der Waals surface area contributed by atoms with Crippen LogP contribution in [0.3, 0.4) is 0 Å². The van der Waals surface area contributed by atoms with E-state index in [0.29, 0.717) is 36.7 Å². The molecule has 0 saturated carbocycles. The summed E-state index contributed by atoms with van der Waals surface area (Å²) in [5.41, 5.74) is 1.07. The monoisotopic (exact) mass is 372 g/mol. The molecule has 0 saturated heterocycles. The fourth-order valence-electron chi connectivity index (χ4n) is 2.62. The molecule has 0 radical (unpaired) electrons. The van der Waals surface area contributed by atoms with E-state index in [1.165, 1.54) is 12.1 Å². The van der Waals surface area contributed by atoms with Crippen LogP contribution >= 0.6 is 0 Å². The highest BCUT2D eigenvalue weighted by molar-refractivity contribution is 5.31. The Kier molecular flexibility index (Phi) is 6.08. The molecule has 0 unspecified atom stereocenters. The molecule has 0 aliphatic carbocycles. The zero-order chi connectivity index (χ0) is 19.1. The van der Waals surface area contributed by atoms with E-state index in [2.05, 4.69) is 10.3 Å². The first-order chi connectivity index (χ1) is 13.0. The van der Waals surface area contributed by atoms with Crippen LogP contribution < -0.4 is 10.1 Å². The van der Waals surface area contributed by atoms with Gasteiger partial charge in [0.2, 0.25) is 5.88 Å². The van der Waals surface area contributed by atoms with Crippen molar-refractivity contribution < 1.29 is 17.9 Å². The van der Waals surface area contributed by atoms with Gasteiger partial charge < -0.3 is 10.1 Å². The highest BCUT2D eigenvalue weighted by Crippen LogP contribution is 2.29. The number of benzene rings is 2. The molecule has 1 heterocycles. The van der Waals surface area contributed by atoms with Crippen LogP contribution in [0, 0.1) is 0 Å². The van der Waals surface area contributed by atoms with Gasteiger partial charge in [-0.2, -0.15) is 13.2 Å². The van der Waals surface area contributed by atoms with Crippen molar-refractivity contribution in [1.29, 1.82) is 0 Å². The molecule has 0 aliphatic heterocycles. The van der Waals surface area contributed by atoms with Gasteiger partial charge in [0.05, 0.1) is 5.56 Å². The molecular weight excluding hydrogens is 353 g/mol. The van der Waals surface area contributed by atoms with Crippen molar-refractivity contribution in [3.8, 4) is 11.6 Å². The summed E-state index contributed by atoms with van der Waals surface area (Å²) in [6.07, 6.45) is -2.12. The average Bonchev–Trinajstić information content (AvgIpc) is 2.66. The zero-order valence-electron chi connectivity index (χ0n) is 14.5. The zero-order valence-corrected chi connectivity index (χ0v) is 14.5. The van der Waals surface area contributed by atoms with Crippen molar-refractivity contribution in [3.63, 3.8) is 0 Å². The number of ether oxygens (including phenoxy) is 1. The Morgan fingerprint density at radius 2 is 1.70 bits per heavy atom. The average molecular weight is 372 g/mol. The van der Waals surface area contributed by atoms with Crippen molar-refractivity contribution in [1.82, 2.24) is 10.3 Å². The predicted octanol–water partition coefficient (Wildman–Crippen LogP) is 5.23. The van der Waals surface area contributed by atoms with E-state index < -0.39 is 11.7 Å². The fourth-order valence-corrected chi connectivity index (χ4v) is 2.62. The Bertz CT molecular complexity index is 867. The van der Waals surface area contributed by atoms with E-state index >= 15 is 0 Å². The molecule has 3 nitrogen and oxygen atoms in total. The summed E-state index contributed by atoms with van der Waals surface area (Å²) in [6, 6.07) is 18.5. The summed E-state index contributed by atoms with van der Waals surface area (Å²) < 4.78 is 43.9. The molecule has 0 amide bonds. The number of hydrogen-bond acceptors (Lipinski definition) is 3. The number of rotatable bonds is 7. The van der Waals surface area contributed by atoms with E-state index in [1.807, 2.05) is 36.4 Å². The normalized spacial score (nSPS) is 11.4. The second-order valence-electron chi connectivity index (χ2n) is 6.04. The SMILES string of the molecule is FC(F)(F)c1cccc(CCNCc2cccc(Oc3ccccn3)c2)c1.